The molecule has 186 valence electrons. The zero-order valence-corrected chi connectivity index (χ0v) is 21.9. The van der Waals surface area contributed by atoms with E-state index in [0.29, 0.717) is 31.0 Å². The van der Waals surface area contributed by atoms with Crippen molar-refractivity contribution in [3.63, 3.8) is 0 Å². The highest BCUT2D eigenvalue weighted by atomic mass is 79.9. The Labute approximate surface area is 218 Å². The molecule has 2 aliphatic heterocycles. The van der Waals surface area contributed by atoms with E-state index in [1.807, 2.05) is 59.5 Å². The molecule has 3 heterocycles. The van der Waals surface area contributed by atoms with Gasteiger partial charge in [-0.15, -0.1) is 0 Å². The van der Waals surface area contributed by atoms with E-state index in [-0.39, 0.29) is 29.6 Å². The zero-order valence-electron chi connectivity index (χ0n) is 20.3. The summed E-state index contributed by atoms with van der Waals surface area (Å²) >= 11 is 3.52. The van der Waals surface area contributed by atoms with E-state index in [9.17, 15) is 14.4 Å². The molecule has 3 aromatic rings. The predicted octanol–water partition coefficient (Wildman–Crippen LogP) is 3.92. The van der Waals surface area contributed by atoms with Crippen LogP contribution in [0.4, 0.5) is 5.82 Å². The number of imide groups is 1. The lowest BCUT2D eigenvalue weighted by Gasteiger charge is -2.35. The maximum absolute atomic E-state index is 12.8. The highest BCUT2D eigenvalue weighted by Gasteiger charge is 2.43. The molecule has 5 rings (SSSR count). The van der Waals surface area contributed by atoms with Crippen molar-refractivity contribution in [2.75, 3.05) is 31.6 Å². The van der Waals surface area contributed by atoms with Gasteiger partial charge in [0.25, 0.3) is 17.7 Å². The van der Waals surface area contributed by atoms with E-state index in [0.717, 1.165) is 39.0 Å². The molecule has 3 amide bonds. The molecule has 2 saturated heterocycles. The summed E-state index contributed by atoms with van der Waals surface area (Å²) in [7, 11) is 0. The minimum Gasteiger partial charge on any atom is -0.336 e. The van der Waals surface area contributed by atoms with Crippen molar-refractivity contribution in [2.45, 2.75) is 20.4 Å². The summed E-state index contributed by atoms with van der Waals surface area (Å²) < 4.78 is 0.897. The molecule has 1 N–H and O–H groups in total. The topological polar surface area (TPSA) is 85.8 Å². The number of piperazine rings is 1. The van der Waals surface area contributed by atoms with E-state index in [1.54, 1.807) is 13.8 Å². The molecule has 2 fully saturated rings. The monoisotopic (exact) mass is 549 g/mol. The summed E-state index contributed by atoms with van der Waals surface area (Å²) in [4.78, 5) is 46.9. The lowest BCUT2D eigenvalue weighted by atomic mass is 10.00. The third kappa shape index (κ3) is 4.73. The number of benzene rings is 2. The first-order valence-corrected chi connectivity index (χ1v) is 12.9. The number of hydrazine groups is 1. The van der Waals surface area contributed by atoms with Crippen LogP contribution >= 0.6 is 15.9 Å². The summed E-state index contributed by atoms with van der Waals surface area (Å²) in [5, 5.41) is 2.10. The Kier molecular flexibility index (Phi) is 6.77. The van der Waals surface area contributed by atoms with E-state index >= 15 is 0 Å². The maximum Gasteiger partial charge on any atom is 0.253 e. The van der Waals surface area contributed by atoms with Gasteiger partial charge in [-0.2, -0.15) is 5.01 Å². The molecule has 36 heavy (non-hydrogen) atoms. The van der Waals surface area contributed by atoms with Crippen molar-refractivity contribution in [2.24, 2.45) is 11.8 Å². The molecule has 2 unspecified atom stereocenters. The standard InChI is InChI=1S/C27H28BrN5O3/c1-17-18(2)26(35)33(25(17)34)30-24-14-20(22-9-8-21(28)15-23(22)29-24)16-31-10-12-32(13-11-31)27(36)19-6-4-3-5-7-19/h3-9,14-15,17-18H,10-13,16H2,1-2H3,(H,29,30). The van der Waals surface area contributed by atoms with Crippen molar-refractivity contribution in [1.29, 1.82) is 0 Å². The number of carbonyl (C=O) groups is 3. The van der Waals surface area contributed by atoms with Crippen LogP contribution in [0.2, 0.25) is 0 Å². The van der Waals surface area contributed by atoms with Gasteiger partial charge in [0.15, 0.2) is 0 Å². The fourth-order valence-corrected chi connectivity index (χ4v) is 5.09. The molecule has 0 radical (unpaired) electrons. The Morgan fingerprint density at radius 1 is 0.972 bits per heavy atom. The molecule has 2 aromatic carbocycles. The van der Waals surface area contributed by atoms with E-state index in [4.69, 9.17) is 0 Å². The highest BCUT2D eigenvalue weighted by molar-refractivity contribution is 9.10. The van der Waals surface area contributed by atoms with Crippen LogP contribution in [0.25, 0.3) is 10.9 Å². The van der Waals surface area contributed by atoms with Crippen molar-refractivity contribution in [3.8, 4) is 0 Å². The Morgan fingerprint density at radius 3 is 2.31 bits per heavy atom. The number of nitrogens with zero attached hydrogens (tertiary/aromatic N) is 4. The lowest BCUT2D eigenvalue weighted by molar-refractivity contribution is -0.138. The van der Waals surface area contributed by atoms with Gasteiger partial charge in [-0.05, 0) is 35.9 Å². The fraction of sp³-hybridized carbons (Fsp3) is 0.333. The van der Waals surface area contributed by atoms with Crippen molar-refractivity contribution >= 4 is 50.4 Å². The summed E-state index contributed by atoms with van der Waals surface area (Å²) in [6.45, 7) is 7.01. The molecule has 8 nitrogen and oxygen atoms in total. The predicted molar refractivity (Wildman–Crippen MR) is 141 cm³/mol. The molecule has 0 spiro atoms. The van der Waals surface area contributed by atoms with Crippen LogP contribution in [0.5, 0.6) is 0 Å². The number of anilines is 1. The molecule has 2 atom stereocenters. The number of nitrogens with one attached hydrogen (secondary N) is 1. The van der Waals surface area contributed by atoms with E-state index in [1.165, 1.54) is 0 Å². The first-order chi connectivity index (χ1) is 17.3. The smallest absolute Gasteiger partial charge is 0.253 e. The Morgan fingerprint density at radius 2 is 1.64 bits per heavy atom. The number of amides is 3. The zero-order chi connectivity index (χ0) is 25.4. The van der Waals surface area contributed by atoms with Crippen LogP contribution in [0.3, 0.4) is 0 Å². The molecular weight excluding hydrogens is 522 g/mol. The van der Waals surface area contributed by atoms with Crippen LogP contribution in [-0.2, 0) is 16.1 Å². The van der Waals surface area contributed by atoms with E-state index < -0.39 is 0 Å². The van der Waals surface area contributed by atoms with Gasteiger partial charge in [-0.3, -0.25) is 24.7 Å². The number of aromatic nitrogens is 1. The van der Waals surface area contributed by atoms with Gasteiger partial charge in [0, 0.05) is 60.0 Å². The SMILES string of the molecule is CC1C(=O)N(Nc2cc(CN3CCN(C(=O)c4ccccc4)CC3)c3ccc(Br)cc3n2)C(=O)C1C. The first-order valence-electron chi connectivity index (χ1n) is 12.1. The number of fused-ring (bicyclic) bond motifs is 1. The molecule has 9 heteroatoms. The van der Waals surface area contributed by atoms with E-state index in [2.05, 4.69) is 31.2 Å². The quantitative estimate of drug-likeness (QED) is 0.485. The molecule has 0 saturated carbocycles. The van der Waals surface area contributed by atoms with Gasteiger partial charge in [0.1, 0.15) is 5.82 Å². The van der Waals surface area contributed by atoms with Crippen molar-refractivity contribution in [1.82, 2.24) is 19.8 Å². The van der Waals surface area contributed by atoms with Gasteiger partial charge >= 0.3 is 0 Å². The number of rotatable bonds is 5. The average Bonchev–Trinajstić information content (AvgIpc) is 3.07. The largest absolute Gasteiger partial charge is 0.336 e. The van der Waals surface area contributed by atoms with Gasteiger partial charge in [-0.25, -0.2) is 4.98 Å². The van der Waals surface area contributed by atoms with Crippen LogP contribution in [0.15, 0.2) is 59.1 Å². The number of halogens is 1. The Balaban J connectivity index is 1.34. The third-order valence-electron chi connectivity index (χ3n) is 7.13. The minimum atomic E-state index is -0.367. The number of hydrogen-bond acceptors (Lipinski definition) is 6. The molecule has 2 aliphatic rings. The average molecular weight is 550 g/mol. The normalized spacial score (nSPS) is 20.9. The Bertz CT molecular complexity index is 1300. The summed E-state index contributed by atoms with van der Waals surface area (Å²) in [6, 6.07) is 17.2. The fourth-order valence-electron chi connectivity index (χ4n) is 4.74. The van der Waals surface area contributed by atoms with Crippen molar-refractivity contribution in [3.05, 3.63) is 70.2 Å². The second kappa shape index (κ2) is 9.99. The summed E-state index contributed by atoms with van der Waals surface area (Å²) in [5.74, 6) is -0.711. The van der Waals surface area contributed by atoms with Crippen LogP contribution in [0.1, 0.15) is 29.8 Å². The van der Waals surface area contributed by atoms with Crippen LogP contribution in [-0.4, -0.2) is 63.7 Å². The highest BCUT2D eigenvalue weighted by Crippen LogP contribution is 2.29. The first kappa shape index (κ1) is 24.4. The van der Waals surface area contributed by atoms with Crippen LogP contribution < -0.4 is 5.43 Å². The molecule has 0 bridgehead atoms. The number of hydrogen-bond donors (Lipinski definition) is 1. The van der Waals surface area contributed by atoms with Gasteiger partial charge in [-0.1, -0.05) is 54.0 Å². The molecule has 1 aromatic heterocycles. The summed E-state index contributed by atoms with van der Waals surface area (Å²) in [5.41, 5.74) is 5.48. The lowest BCUT2D eigenvalue weighted by Crippen LogP contribution is -2.48. The second-order valence-corrected chi connectivity index (χ2v) is 10.4. The number of carbonyl (C=O) groups excluding carboxylic acids is 3. The van der Waals surface area contributed by atoms with Gasteiger partial charge in [0.2, 0.25) is 0 Å². The molecular formula is C27H28BrN5O3. The Hall–Kier alpha value is -3.30. The number of pyridine rings is 1. The third-order valence-corrected chi connectivity index (χ3v) is 7.62. The van der Waals surface area contributed by atoms with Gasteiger partial charge < -0.3 is 4.90 Å². The summed E-state index contributed by atoms with van der Waals surface area (Å²) in [6.07, 6.45) is 0. The molecule has 0 aliphatic carbocycles. The maximum atomic E-state index is 12.8. The minimum absolute atomic E-state index is 0.0596. The van der Waals surface area contributed by atoms with Crippen molar-refractivity contribution < 1.29 is 14.4 Å². The second-order valence-electron chi connectivity index (χ2n) is 9.46. The van der Waals surface area contributed by atoms with Crippen LogP contribution in [0, 0.1) is 11.8 Å². The van der Waals surface area contributed by atoms with Gasteiger partial charge in [0.05, 0.1) is 5.52 Å².